The van der Waals surface area contributed by atoms with Crippen LogP contribution in [0.1, 0.15) is 17.8 Å². The molecular weight excluding hydrogens is 240 g/mol. The van der Waals surface area contributed by atoms with Gasteiger partial charge in [0.05, 0.1) is 12.3 Å². The Labute approximate surface area is 114 Å². The van der Waals surface area contributed by atoms with Gasteiger partial charge >= 0.3 is 0 Å². The largest absolute Gasteiger partial charge is 0.384 e. The third kappa shape index (κ3) is 2.42. The number of hydrogen-bond acceptors (Lipinski definition) is 4. The number of nitrogens with one attached hydrogen (secondary N) is 1. The summed E-state index contributed by atoms with van der Waals surface area (Å²) in [5.41, 5.74) is 2.69. The van der Waals surface area contributed by atoms with Crippen LogP contribution in [0.25, 0.3) is 0 Å². The molecule has 2 saturated heterocycles. The van der Waals surface area contributed by atoms with Gasteiger partial charge in [-0.15, -0.1) is 0 Å². The van der Waals surface area contributed by atoms with E-state index in [9.17, 15) is 0 Å². The van der Waals surface area contributed by atoms with E-state index in [-0.39, 0.29) is 0 Å². The molecule has 0 bridgehead atoms. The van der Waals surface area contributed by atoms with Gasteiger partial charge < -0.3 is 4.74 Å². The zero-order valence-corrected chi connectivity index (χ0v) is 12.1. The van der Waals surface area contributed by atoms with Crippen molar-refractivity contribution in [1.29, 1.82) is 0 Å². The van der Waals surface area contributed by atoms with Crippen molar-refractivity contribution in [3.05, 3.63) is 17.5 Å². The molecule has 106 valence electrons. The first-order chi connectivity index (χ1) is 9.11. The molecule has 0 aliphatic carbocycles. The Morgan fingerprint density at radius 2 is 2.32 bits per heavy atom. The molecule has 3 rings (SSSR count). The Hall–Kier alpha value is -0.910. The van der Waals surface area contributed by atoms with Gasteiger partial charge in [0, 0.05) is 44.5 Å². The maximum Gasteiger partial charge on any atom is 0.0765 e. The maximum atomic E-state index is 5.31. The number of H-pyrrole nitrogens is 1. The van der Waals surface area contributed by atoms with Crippen molar-refractivity contribution in [3.8, 4) is 0 Å². The Kier molecular flexibility index (Phi) is 3.37. The average Bonchev–Trinajstić information content (AvgIpc) is 2.84. The lowest BCUT2D eigenvalue weighted by atomic mass is 9.84. The monoisotopic (exact) mass is 264 g/mol. The fraction of sp³-hybridized carbons (Fsp3) is 0.786. The first-order valence-electron chi connectivity index (χ1n) is 7.05. The zero-order valence-electron chi connectivity index (χ0n) is 12.1. The number of aromatic amines is 1. The van der Waals surface area contributed by atoms with Gasteiger partial charge in [0.25, 0.3) is 0 Å². The van der Waals surface area contributed by atoms with Gasteiger partial charge in [-0.2, -0.15) is 5.10 Å². The highest BCUT2D eigenvalue weighted by Gasteiger charge is 2.51. The number of hydrogen-bond donors (Lipinski definition) is 1. The lowest BCUT2D eigenvalue weighted by Crippen LogP contribution is -2.66. The summed E-state index contributed by atoms with van der Waals surface area (Å²) in [6, 6.07) is 2.14. The van der Waals surface area contributed by atoms with Crippen LogP contribution in [0.2, 0.25) is 0 Å². The van der Waals surface area contributed by atoms with Gasteiger partial charge in [-0.25, -0.2) is 0 Å². The van der Waals surface area contributed by atoms with Crippen LogP contribution in [-0.4, -0.2) is 65.9 Å². The van der Waals surface area contributed by atoms with E-state index in [4.69, 9.17) is 4.74 Å². The molecule has 5 heteroatoms. The van der Waals surface area contributed by atoms with Crippen molar-refractivity contribution in [2.45, 2.75) is 25.4 Å². The molecule has 1 aromatic heterocycles. The summed E-state index contributed by atoms with van der Waals surface area (Å²) < 4.78 is 5.31. The summed E-state index contributed by atoms with van der Waals surface area (Å²) in [5.74, 6) is 0.699. The van der Waals surface area contributed by atoms with Crippen molar-refractivity contribution in [2.24, 2.45) is 5.92 Å². The van der Waals surface area contributed by atoms with E-state index in [1.807, 2.05) is 6.92 Å². The molecule has 0 amide bonds. The summed E-state index contributed by atoms with van der Waals surface area (Å²) >= 11 is 0. The van der Waals surface area contributed by atoms with E-state index in [1.54, 1.807) is 7.11 Å². The number of likely N-dealkylation sites (N-methyl/N-ethyl adjacent to an activating group) is 1. The molecule has 1 aromatic rings. The number of rotatable bonds is 4. The number of aryl methyl sites for hydroxylation is 1. The van der Waals surface area contributed by atoms with Crippen molar-refractivity contribution >= 4 is 0 Å². The fourth-order valence-corrected chi connectivity index (χ4v) is 3.74. The van der Waals surface area contributed by atoms with Gasteiger partial charge in [0.15, 0.2) is 0 Å². The highest BCUT2D eigenvalue weighted by atomic mass is 16.5. The van der Waals surface area contributed by atoms with Crippen molar-refractivity contribution < 1.29 is 4.74 Å². The molecular formula is C14H24N4O. The maximum absolute atomic E-state index is 5.31. The van der Waals surface area contributed by atoms with E-state index in [1.165, 1.54) is 13.0 Å². The predicted octanol–water partition coefficient (Wildman–Crippen LogP) is 0.871. The quantitative estimate of drug-likeness (QED) is 0.876. The molecule has 2 aliphatic rings. The van der Waals surface area contributed by atoms with Gasteiger partial charge in [-0.3, -0.25) is 14.9 Å². The summed E-state index contributed by atoms with van der Waals surface area (Å²) in [6.45, 7) is 7.40. The molecule has 0 saturated carbocycles. The smallest absolute Gasteiger partial charge is 0.0765 e. The predicted molar refractivity (Wildman–Crippen MR) is 73.9 cm³/mol. The average molecular weight is 264 g/mol. The molecule has 3 heterocycles. The minimum Gasteiger partial charge on any atom is -0.384 e. The van der Waals surface area contributed by atoms with Crippen molar-refractivity contribution in [1.82, 2.24) is 20.0 Å². The minimum absolute atomic E-state index is 0.397. The van der Waals surface area contributed by atoms with Crippen LogP contribution in [0.15, 0.2) is 6.07 Å². The fourth-order valence-electron chi connectivity index (χ4n) is 3.74. The van der Waals surface area contributed by atoms with Crippen molar-refractivity contribution in [3.63, 3.8) is 0 Å². The number of likely N-dealkylation sites (tertiary alicyclic amines) is 2. The van der Waals surface area contributed by atoms with Gasteiger partial charge in [-0.1, -0.05) is 0 Å². The minimum atomic E-state index is 0.397. The van der Waals surface area contributed by atoms with Crippen LogP contribution in [0.5, 0.6) is 0 Å². The van der Waals surface area contributed by atoms with Crippen LogP contribution in [0.4, 0.5) is 0 Å². The lowest BCUT2D eigenvalue weighted by Gasteiger charge is -2.52. The molecule has 2 aliphatic heterocycles. The third-order valence-corrected chi connectivity index (χ3v) is 4.59. The highest BCUT2D eigenvalue weighted by Crippen LogP contribution is 2.39. The summed E-state index contributed by atoms with van der Waals surface area (Å²) in [4.78, 5) is 5.02. The summed E-state index contributed by atoms with van der Waals surface area (Å²) in [7, 11) is 4.06. The summed E-state index contributed by atoms with van der Waals surface area (Å²) in [6.07, 6.45) is 1.27. The molecule has 19 heavy (non-hydrogen) atoms. The molecule has 5 nitrogen and oxygen atoms in total. The second-order valence-electron chi connectivity index (χ2n) is 6.32. The Morgan fingerprint density at radius 3 is 2.95 bits per heavy atom. The van der Waals surface area contributed by atoms with E-state index < -0.39 is 0 Å². The standard InChI is InChI=1S/C14H24N4O/c1-11-4-13(16-15-11)7-18-9-14(10-18)5-12(8-19-3)6-17(14)2/h4,12H,5-10H2,1-3H3,(H,15,16)/t12-/m1/s1. The van der Waals surface area contributed by atoms with Crippen LogP contribution < -0.4 is 0 Å². The molecule has 2 fully saturated rings. The first-order valence-corrected chi connectivity index (χ1v) is 7.05. The highest BCUT2D eigenvalue weighted by molar-refractivity contribution is 5.12. The molecule has 1 spiro atoms. The number of nitrogens with zero attached hydrogens (tertiary/aromatic N) is 3. The zero-order chi connectivity index (χ0) is 13.5. The molecule has 0 aromatic carbocycles. The number of aromatic nitrogens is 2. The molecule has 1 atom stereocenters. The third-order valence-electron chi connectivity index (χ3n) is 4.59. The van der Waals surface area contributed by atoms with Crippen molar-refractivity contribution in [2.75, 3.05) is 40.4 Å². The topological polar surface area (TPSA) is 44.4 Å². The van der Waals surface area contributed by atoms with E-state index in [2.05, 4.69) is 33.1 Å². The van der Waals surface area contributed by atoms with E-state index in [0.717, 1.165) is 37.6 Å². The molecule has 0 unspecified atom stereocenters. The summed E-state index contributed by atoms with van der Waals surface area (Å²) in [5, 5.41) is 7.33. The number of methoxy groups -OCH3 is 1. The lowest BCUT2D eigenvalue weighted by molar-refractivity contribution is -0.0230. The normalized spacial score (nSPS) is 27.0. The second kappa shape index (κ2) is 4.89. The molecule has 0 radical (unpaired) electrons. The Balaban J connectivity index is 1.54. The van der Waals surface area contributed by atoms with Gasteiger partial charge in [0.1, 0.15) is 0 Å². The Morgan fingerprint density at radius 1 is 1.53 bits per heavy atom. The SMILES string of the molecule is COC[C@H]1CN(C)C2(C1)CN(Cc1cc(C)[nH]n1)C2. The van der Waals surface area contributed by atoms with Crippen LogP contribution in [-0.2, 0) is 11.3 Å². The van der Waals surface area contributed by atoms with Crippen LogP contribution in [0, 0.1) is 12.8 Å². The van der Waals surface area contributed by atoms with Gasteiger partial charge in [-0.05, 0) is 32.4 Å². The van der Waals surface area contributed by atoms with E-state index in [0.29, 0.717) is 11.5 Å². The first kappa shape index (κ1) is 13.1. The van der Waals surface area contributed by atoms with Crippen LogP contribution >= 0.6 is 0 Å². The Bertz CT molecular complexity index is 438. The molecule has 1 N–H and O–H groups in total. The second-order valence-corrected chi connectivity index (χ2v) is 6.32. The van der Waals surface area contributed by atoms with Crippen LogP contribution in [0.3, 0.4) is 0 Å². The van der Waals surface area contributed by atoms with Gasteiger partial charge in [0.2, 0.25) is 0 Å². The van der Waals surface area contributed by atoms with E-state index >= 15 is 0 Å². The number of ether oxygens (including phenoxy) is 1.